The molecule has 0 aliphatic carbocycles. The summed E-state index contributed by atoms with van der Waals surface area (Å²) < 4.78 is 35.9. The molecule has 0 spiro atoms. The van der Waals surface area contributed by atoms with Crippen molar-refractivity contribution in [1.82, 2.24) is 19.5 Å². The van der Waals surface area contributed by atoms with Gasteiger partial charge in [-0.2, -0.15) is 0 Å². The summed E-state index contributed by atoms with van der Waals surface area (Å²) in [6.45, 7) is 4.25. The molecule has 6 nitrogen and oxygen atoms in total. The van der Waals surface area contributed by atoms with Gasteiger partial charge in [-0.15, -0.1) is 0 Å². The Morgan fingerprint density at radius 2 is 1.82 bits per heavy atom. The fourth-order valence-corrected chi connectivity index (χ4v) is 4.43. The molecular weight excluding hydrogens is 438 g/mol. The van der Waals surface area contributed by atoms with E-state index in [1.165, 1.54) is 22.8 Å². The molecule has 0 radical (unpaired) electrons. The lowest BCUT2D eigenvalue weighted by Crippen LogP contribution is -2.22. The predicted octanol–water partition coefficient (Wildman–Crippen LogP) is 4.92. The lowest BCUT2D eigenvalue weighted by Gasteiger charge is -2.30. The maximum absolute atomic E-state index is 14.8. The molecule has 1 aliphatic heterocycles. The number of fused-ring (bicyclic) bond motifs is 1. The molecule has 0 N–H and O–H groups in total. The van der Waals surface area contributed by atoms with Crippen LogP contribution in [0.5, 0.6) is 0 Å². The topological polar surface area (TPSA) is 69.9 Å². The Bertz CT molecular complexity index is 1470. The average Bonchev–Trinajstić information content (AvgIpc) is 2.81. The predicted molar refractivity (Wildman–Crippen MR) is 125 cm³/mol. The summed E-state index contributed by atoms with van der Waals surface area (Å²) in [6, 6.07) is 8.70. The SMILES string of the molecule is Cc1nc2cc(C3CCO[C@@H](c4ccc(=O)n(C)c4)C3)nc(-c3ccc(F)cc3F)c2nc1C. The molecule has 0 saturated carbocycles. The molecule has 5 rings (SSSR count). The summed E-state index contributed by atoms with van der Waals surface area (Å²) in [4.78, 5) is 26.0. The van der Waals surface area contributed by atoms with Gasteiger partial charge in [0.1, 0.15) is 22.8 Å². The van der Waals surface area contributed by atoms with Gasteiger partial charge >= 0.3 is 0 Å². The third kappa shape index (κ3) is 4.09. The van der Waals surface area contributed by atoms with Crippen molar-refractivity contribution in [2.45, 2.75) is 38.7 Å². The second-order valence-corrected chi connectivity index (χ2v) is 8.77. The molecule has 1 aromatic carbocycles. The normalized spacial score (nSPS) is 18.4. The zero-order chi connectivity index (χ0) is 24.0. The fraction of sp³-hybridized carbons (Fsp3) is 0.308. The van der Waals surface area contributed by atoms with E-state index in [1.807, 2.05) is 19.9 Å². The quantitative estimate of drug-likeness (QED) is 0.432. The Balaban J connectivity index is 1.61. The number of pyridine rings is 2. The molecule has 34 heavy (non-hydrogen) atoms. The first-order valence-electron chi connectivity index (χ1n) is 11.2. The minimum Gasteiger partial charge on any atom is -0.373 e. The molecule has 4 aromatic rings. The largest absolute Gasteiger partial charge is 0.373 e. The number of benzene rings is 1. The van der Waals surface area contributed by atoms with E-state index in [4.69, 9.17) is 14.7 Å². The van der Waals surface area contributed by atoms with Crippen LogP contribution in [0.1, 0.15) is 47.5 Å². The van der Waals surface area contributed by atoms with E-state index in [-0.39, 0.29) is 23.1 Å². The monoisotopic (exact) mass is 462 g/mol. The van der Waals surface area contributed by atoms with Crippen LogP contribution in [0.15, 0.2) is 47.4 Å². The molecular formula is C26H24F2N4O2. The van der Waals surface area contributed by atoms with Crippen LogP contribution in [0.3, 0.4) is 0 Å². The van der Waals surface area contributed by atoms with Crippen LogP contribution in [0.25, 0.3) is 22.3 Å². The third-order valence-corrected chi connectivity index (χ3v) is 6.45. The molecule has 2 atom stereocenters. The first-order valence-corrected chi connectivity index (χ1v) is 11.2. The number of hydrogen-bond donors (Lipinski definition) is 0. The highest BCUT2D eigenvalue weighted by Crippen LogP contribution is 2.39. The minimum absolute atomic E-state index is 0.0334. The van der Waals surface area contributed by atoms with Gasteiger partial charge in [-0.3, -0.25) is 4.79 Å². The van der Waals surface area contributed by atoms with E-state index in [0.29, 0.717) is 29.8 Å². The summed E-state index contributed by atoms with van der Waals surface area (Å²) in [5, 5.41) is 0. The first-order chi connectivity index (χ1) is 16.3. The Labute approximate surface area is 195 Å². The number of nitrogens with zero attached hydrogens (tertiary/aromatic N) is 4. The van der Waals surface area contributed by atoms with Gasteiger partial charge in [0.05, 0.1) is 23.0 Å². The molecule has 4 heterocycles. The van der Waals surface area contributed by atoms with Gasteiger partial charge in [0.25, 0.3) is 0 Å². The van der Waals surface area contributed by atoms with E-state index < -0.39 is 11.6 Å². The zero-order valence-electron chi connectivity index (χ0n) is 19.2. The number of aryl methyl sites for hydroxylation is 3. The highest BCUT2D eigenvalue weighted by molar-refractivity contribution is 5.89. The highest BCUT2D eigenvalue weighted by atomic mass is 19.1. The number of ether oxygens (including phenoxy) is 1. The summed E-state index contributed by atoms with van der Waals surface area (Å²) in [7, 11) is 1.71. The van der Waals surface area contributed by atoms with Crippen LogP contribution < -0.4 is 5.56 Å². The second-order valence-electron chi connectivity index (χ2n) is 8.77. The third-order valence-electron chi connectivity index (χ3n) is 6.45. The highest BCUT2D eigenvalue weighted by Gasteiger charge is 2.28. The molecule has 1 fully saturated rings. The van der Waals surface area contributed by atoms with Gasteiger partial charge in [0.15, 0.2) is 0 Å². The number of halogens is 2. The van der Waals surface area contributed by atoms with Gasteiger partial charge in [-0.25, -0.2) is 23.7 Å². The lowest BCUT2D eigenvalue weighted by molar-refractivity contribution is 0.00431. The summed E-state index contributed by atoms with van der Waals surface area (Å²) in [5.41, 5.74) is 4.76. The van der Waals surface area contributed by atoms with Crippen molar-refractivity contribution in [3.8, 4) is 11.3 Å². The van der Waals surface area contributed by atoms with Gasteiger partial charge in [-0.05, 0) is 56.5 Å². The molecule has 8 heteroatoms. The summed E-state index contributed by atoms with van der Waals surface area (Å²) >= 11 is 0. The van der Waals surface area contributed by atoms with Crippen molar-refractivity contribution in [2.75, 3.05) is 6.61 Å². The molecule has 1 saturated heterocycles. The maximum atomic E-state index is 14.8. The molecule has 0 bridgehead atoms. The smallest absolute Gasteiger partial charge is 0.250 e. The average molecular weight is 463 g/mol. The molecule has 1 unspecified atom stereocenters. The van der Waals surface area contributed by atoms with Gasteiger partial charge < -0.3 is 9.30 Å². The van der Waals surface area contributed by atoms with Crippen LogP contribution >= 0.6 is 0 Å². The second kappa shape index (κ2) is 8.68. The van der Waals surface area contributed by atoms with Crippen molar-refractivity contribution in [3.05, 3.63) is 87.2 Å². The van der Waals surface area contributed by atoms with E-state index in [2.05, 4.69) is 4.98 Å². The van der Waals surface area contributed by atoms with E-state index in [9.17, 15) is 13.6 Å². The Morgan fingerprint density at radius 1 is 1.03 bits per heavy atom. The van der Waals surface area contributed by atoms with Crippen molar-refractivity contribution >= 4 is 11.0 Å². The number of hydrogen-bond acceptors (Lipinski definition) is 5. The van der Waals surface area contributed by atoms with Gasteiger partial charge in [0.2, 0.25) is 5.56 Å². The molecule has 1 aliphatic rings. The zero-order valence-corrected chi connectivity index (χ0v) is 19.2. The van der Waals surface area contributed by atoms with E-state index >= 15 is 0 Å². The van der Waals surface area contributed by atoms with Crippen molar-refractivity contribution < 1.29 is 13.5 Å². The van der Waals surface area contributed by atoms with Crippen LogP contribution in [-0.4, -0.2) is 26.1 Å². The standard InChI is InChI=1S/C26H24F2N4O2/c1-14-15(2)30-26-22(29-14)12-21(31-25(26)19-6-5-18(27)11-20(19)28)16-8-9-34-23(10-16)17-4-7-24(33)32(3)13-17/h4-7,11-13,16,23H,8-10H2,1-3H3/t16?,23-/m1/s1. The maximum Gasteiger partial charge on any atom is 0.250 e. The van der Waals surface area contributed by atoms with Crippen molar-refractivity contribution in [1.29, 1.82) is 0 Å². The van der Waals surface area contributed by atoms with E-state index in [0.717, 1.165) is 35.1 Å². The van der Waals surface area contributed by atoms with Gasteiger partial charge in [0, 0.05) is 49.2 Å². The van der Waals surface area contributed by atoms with Crippen LogP contribution in [0, 0.1) is 25.5 Å². The summed E-state index contributed by atoms with van der Waals surface area (Å²) in [6.07, 6.45) is 2.99. The van der Waals surface area contributed by atoms with Crippen molar-refractivity contribution in [3.63, 3.8) is 0 Å². The van der Waals surface area contributed by atoms with E-state index in [1.54, 1.807) is 19.3 Å². The number of aromatic nitrogens is 4. The van der Waals surface area contributed by atoms with Gasteiger partial charge in [-0.1, -0.05) is 0 Å². The lowest BCUT2D eigenvalue weighted by atomic mass is 9.89. The minimum atomic E-state index is -0.693. The molecule has 0 amide bonds. The van der Waals surface area contributed by atoms with Crippen LogP contribution in [0.4, 0.5) is 8.78 Å². The molecule has 3 aromatic heterocycles. The number of rotatable bonds is 3. The Hall–Kier alpha value is -3.52. The molecule has 174 valence electrons. The summed E-state index contributed by atoms with van der Waals surface area (Å²) in [5.74, 6) is -1.31. The van der Waals surface area contributed by atoms with Crippen molar-refractivity contribution in [2.24, 2.45) is 7.05 Å². The Kier molecular flexibility index (Phi) is 5.69. The van der Waals surface area contributed by atoms with Crippen LogP contribution in [-0.2, 0) is 11.8 Å². The fourth-order valence-electron chi connectivity index (χ4n) is 4.43. The van der Waals surface area contributed by atoms with Crippen LogP contribution in [0.2, 0.25) is 0 Å². The Morgan fingerprint density at radius 3 is 2.59 bits per heavy atom. The first kappa shape index (κ1) is 22.3.